The quantitative estimate of drug-likeness (QED) is 0.851. The Morgan fingerprint density at radius 1 is 1.18 bits per heavy atom. The lowest BCUT2D eigenvalue weighted by Gasteiger charge is -2.39. The van der Waals surface area contributed by atoms with Crippen LogP contribution in [0.3, 0.4) is 0 Å². The molecule has 1 aliphatic heterocycles. The third-order valence-corrected chi connectivity index (χ3v) is 5.08. The van der Waals surface area contributed by atoms with Crippen molar-refractivity contribution < 1.29 is 18.4 Å². The predicted molar refractivity (Wildman–Crippen MR) is 98.1 cm³/mol. The van der Waals surface area contributed by atoms with E-state index >= 15 is 0 Å². The van der Waals surface area contributed by atoms with Crippen molar-refractivity contribution in [1.82, 2.24) is 10.6 Å². The SMILES string of the molecule is CC(c1c(C#N)ccc(F)c1F)C1NC(=O)C(C)(Cc2ccccc2)NC1=O. The lowest BCUT2D eigenvalue weighted by molar-refractivity contribution is -0.141. The minimum Gasteiger partial charge on any atom is -0.342 e. The van der Waals surface area contributed by atoms with E-state index < -0.39 is 40.9 Å². The summed E-state index contributed by atoms with van der Waals surface area (Å²) >= 11 is 0. The smallest absolute Gasteiger partial charge is 0.246 e. The average Bonchev–Trinajstić information content (AvgIpc) is 2.67. The first-order valence-corrected chi connectivity index (χ1v) is 8.82. The van der Waals surface area contributed by atoms with Gasteiger partial charge in [0.1, 0.15) is 11.6 Å². The molecule has 144 valence electrons. The van der Waals surface area contributed by atoms with Gasteiger partial charge in [0.15, 0.2) is 11.6 Å². The normalized spacial score (nSPS) is 22.8. The molecule has 0 aromatic heterocycles. The number of carbonyl (C=O) groups excluding carboxylic acids is 2. The Morgan fingerprint density at radius 2 is 1.86 bits per heavy atom. The first-order chi connectivity index (χ1) is 13.3. The molecule has 2 N–H and O–H groups in total. The van der Waals surface area contributed by atoms with Gasteiger partial charge in [-0.05, 0) is 24.6 Å². The summed E-state index contributed by atoms with van der Waals surface area (Å²) in [5.74, 6) is -4.18. The van der Waals surface area contributed by atoms with Gasteiger partial charge in [0, 0.05) is 17.9 Å². The molecule has 5 nitrogen and oxygen atoms in total. The molecular formula is C21H19F2N3O2. The van der Waals surface area contributed by atoms with E-state index in [1.165, 1.54) is 6.92 Å². The number of hydrogen-bond acceptors (Lipinski definition) is 3. The highest BCUT2D eigenvalue weighted by Gasteiger charge is 2.45. The highest BCUT2D eigenvalue weighted by atomic mass is 19.2. The minimum atomic E-state index is -1.19. The Labute approximate surface area is 161 Å². The van der Waals surface area contributed by atoms with Crippen molar-refractivity contribution in [1.29, 1.82) is 5.26 Å². The van der Waals surface area contributed by atoms with E-state index in [9.17, 15) is 23.6 Å². The van der Waals surface area contributed by atoms with E-state index in [-0.39, 0.29) is 17.5 Å². The second-order valence-electron chi connectivity index (χ2n) is 7.16. The number of nitriles is 1. The van der Waals surface area contributed by atoms with Gasteiger partial charge >= 0.3 is 0 Å². The van der Waals surface area contributed by atoms with Crippen LogP contribution in [0.4, 0.5) is 8.78 Å². The molecule has 1 aliphatic rings. The highest BCUT2D eigenvalue weighted by molar-refractivity contribution is 6.00. The Bertz CT molecular complexity index is 972. The van der Waals surface area contributed by atoms with Gasteiger partial charge in [-0.3, -0.25) is 9.59 Å². The number of benzene rings is 2. The van der Waals surface area contributed by atoms with E-state index in [2.05, 4.69) is 10.6 Å². The van der Waals surface area contributed by atoms with Gasteiger partial charge in [-0.25, -0.2) is 8.78 Å². The van der Waals surface area contributed by atoms with Gasteiger partial charge in [0.25, 0.3) is 0 Å². The fourth-order valence-corrected chi connectivity index (χ4v) is 3.53. The van der Waals surface area contributed by atoms with Crippen molar-refractivity contribution in [3.05, 3.63) is 70.8 Å². The summed E-state index contributed by atoms with van der Waals surface area (Å²) in [6, 6.07) is 11.9. The lowest BCUT2D eigenvalue weighted by atomic mass is 9.83. The van der Waals surface area contributed by atoms with Crippen molar-refractivity contribution in [3.8, 4) is 6.07 Å². The number of nitrogens with one attached hydrogen (secondary N) is 2. The van der Waals surface area contributed by atoms with Crippen molar-refractivity contribution in [2.45, 2.75) is 37.8 Å². The van der Waals surface area contributed by atoms with Gasteiger partial charge in [0.2, 0.25) is 11.8 Å². The number of amides is 2. The average molecular weight is 383 g/mol. The molecule has 0 spiro atoms. The summed E-state index contributed by atoms with van der Waals surface area (Å²) in [4.78, 5) is 25.5. The largest absolute Gasteiger partial charge is 0.342 e. The van der Waals surface area contributed by atoms with Crippen LogP contribution in [0.5, 0.6) is 0 Å². The van der Waals surface area contributed by atoms with Gasteiger partial charge in [-0.2, -0.15) is 5.26 Å². The summed E-state index contributed by atoms with van der Waals surface area (Å²) in [7, 11) is 0. The van der Waals surface area contributed by atoms with Crippen LogP contribution in [0, 0.1) is 23.0 Å². The van der Waals surface area contributed by atoms with Gasteiger partial charge in [0.05, 0.1) is 11.6 Å². The Hall–Kier alpha value is -3.27. The third kappa shape index (κ3) is 3.46. The Balaban J connectivity index is 1.88. The Morgan fingerprint density at radius 3 is 2.50 bits per heavy atom. The zero-order valence-corrected chi connectivity index (χ0v) is 15.4. The van der Waals surface area contributed by atoms with Gasteiger partial charge in [-0.1, -0.05) is 37.3 Å². The van der Waals surface area contributed by atoms with Crippen LogP contribution >= 0.6 is 0 Å². The van der Waals surface area contributed by atoms with Crippen molar-refractivity contribution in [3.63, 3.8) is 0 Å². The van der Waals surface area contributed by atoms with E-state index in [1.807, 2.05) is 36.4 Å². The fraction of sp³-hybridized carbons (Fsp3) is 0.286. The first-order valence-electron chi connectivity index (χ1n) is 8.82. The zero-order valence-electron chi connectivity index (χ0n) is 15.4. The molecule has 3 atom stereocenters. The van der Waals surface area contributed by atoms with Crippen LogP contribution in [-0.4, -0.2) is 23.4 Å². The van der Waals surface area contributed by atoms with Crippen LogP contribution in [0.1, 0.15) is 36.5 Å². The number of nitrogens with zero attached hydrogens (tertiary/aromatic N) is 1. The maximum atomic E-state index is 14.3. The standard InChI is InChI=1S/C21H19F2N3O2/c1-12(16-14(11-24)8-9-15(22)17(16)23)18-19(27)26-21(2,20(28)25-18)10-13-6-4-3-5-7-13/h3-9,12,18H,10H2,1-2H3,(H,25,28)(H,26,27). The molecular weight excluding hydrogens is 364 g/mol. The maximum absolute atomic E-state index is 14.3. The predicted octanol–water partition coefficient (Wildman–Crippen LogP) is 2.56. The highest BCUT2D eigenvalue weighted by Crippen LogP contribution is 2.30. The molecule has 0 bridgehead atoms. The maximum Gasteiger partial charge on any atom is 0.246 e. The number of rotatable bonds is 4. The van der Waals surface area contributed by atoms with Crippen LogP contribution in [-0.2, 0) is 16.0 Å². The van der Waals surface area contributed by atoms with Crippen LogP contribution in [0.15, 0.2) is 42.5 Å². The molecule has 1 fully saturated rings. The number of carbonyl (C=O) groups is 2. The van der Waals surface area contributed by atoms with Crippen LogP contribution in [0.25, 0.3) is 0 Å². The molecule has 2 aromatic carbocycles. The van der Waals surface area contributed by atoms with E-state index in [0.29, 0.717) is 0 Å². The fourth-order valence-electron chi connectivity index (χ4n) is 3.53. The molecule has 1 saturated heterocycles. The lowest BCUT2D eigenvalue weighted by Crippen LogP contribution is -2.69. The molecule has 3 unspecified atom stereocenters. The number of halogens is 2. The van der Waals surface area contributed by atoms with E-state index in [4.69, 9.17) is 0 Å². The number of piperazine rings is 1. The van der Waals surface area contributed by atoms with Gasteiger partial charge in [-0.15, -0.1) is 0 Å². The summed E-state index contributed by atoms with van der Waals surface area (Å²) in [6.07, 6.45) is 0.282. The monoisotopic (exact) mass is 383 g/mol. The summed E-state index contributed by atoms with van der Waals surface area (Å²) in [5, 5.41) is 14.6. The first kappa shape index (κ1) is 19.5. The number of hydrogen-bond donors (Lipinski definition) is 2. The van der Waals surface area contributed by atoms with Crippen LogP contribution < -0.4 is 10.6 Å². The third-order valence-electron chi connectivity index (χ3n) is 5.08. The van der Waals surface area contributed by atoms with Gasteiger partial charge < -0.3 is 10.6 Å². The molecule has 2 aromatic rings. The van der Waals surface area contributed by atoms with E-state index in [1.54, 1.807) is 6.92 Å². The molecule has 0 aliphatic carbocycles. The molecule has 3 rings (SSSR count). The van der Waals surface area contributed by atoms with Crippen molar-refractivity contribution in [2.75, 3.05) is 0 Å². The van der Waals surface area contributed by atoms with Crippen LogP contribution in [0.2, 0.25) is 0 Å². The van der Waals surface area contributed by atoms with Crippen molar-refractivity contribution in [2.24, 2.45) is 0 Å². The molecule has 0 saturated carbocycles. The zero-order chi connectivity index (χ0) is 20.5. The molecule has 0 radical (unpaired) electrons. The van der Waals surface area contributed by atoms with Crippen molar-refractivity contribution >= 4 is 11.8 Å². The van der Waals surface area contributed by atoms with E-state index in [0.717, 1.165) is 17.7 Å². The molecule has 2 amide bonds. The minimum absolute atomic E-state index is 0.0777. The summed E-state index contributed by atoms with van der Waals surface area (Å²) in [5.41, 5.74) is -0.608. The Kier molecular flexibility index (Phi) is 5.14. The molecule has 1 heterocycles. The molecule has 28 heavy (non-hydrogen) atoms. The second kappa shape index (κ2) is 7.39. The summed E-state index contributed by atoms with van der Waals surface area (Å²) in [6.45, 7) is 3.08. The topological polar surface area (TPSA) is 82.0 Å². The second-order valence-corrected chi connectivity index (χ2v) is 7.16. The molecule has 7 heteroatoms. The summed E-state index contributed by atoms with van der Waals surface area (Å²) < 4.78 is 28.0.